The van der Waals surface area contributed by atoms with Crippen molar-refractivity contribution in [2.45, 2.75) is 19.0 Å². The molecule has 1 atom stereocenters. The van der Waals surface area contributed by atoms with E-state index in [9.17, 15) is 13.2 Å². The second-order valence-electron chi connectivity index (χ2n) is 4.35. The molecule has 0 saturated heterocycles. The van der Waals surface area contributed by atoms with Gasteiger partial charge in [0.05, 0.1) is 0 Å². The molecule has 6 heteroatoms. The third-order valence-electron chi connectivity index (χ3n) is 2.74. The van der Waals surface area contributed by atoms with E-state index < -0.39 is 12.8 Å². The summed E-state index contributed by atoms with van der Waals surface area (Å²) in [5, 5.41) is 0.650. The van der Waals surface area contributed by atoms with Crippen molar-refractivity contribution in [1.29, 1.82) is 0 Å². The molecule has 0 bridgehead atoms. The Bertz CT molecular complexity index is 384. The summed E-state index contributed by atoms with van der Waals surface area (Å²) < 4.78 is 40.3. The van der Waals surface area contributed by atoms with Gasteiger partial charge in [-0.05, 0) is 36.9 Å². The first-order valence-corrected chi connectivity index (χ1v) is 6.38. The van der Waals surface area contributed by atoms with Crippen LogP contribution in [0.25, 0.3) is 0 Å². The Hall–Kier alpha value is -0.780. The second-order valence-corrected chi connectivity index (χ2v) is 4.76. The standard InChI is InChI=1S/C13H17ClF3NO/c14-12-4-2-1-3-11(12)7-10(8-18)5-6-19-9-13(15,16)17/h1-4,10H,5-9,18H2. The van der Waals surface area contributed by atoms with Gasteiger partial charge in [-0.3, -0.25) is 0 Å². The number of alkyl halides is 3. The summed E-state index contributed by atoms with van der Waals surface area (Å²) in [4.78, 5) is 0. The Kier molecular flexibility index (Phi) is 6.62. The Morgan fingerprint density at radius 1 is 1.26 bits per heavy atom. The van der Waals surface area contributed by atoms with E-state index in [1.165, 1.54) is 0 Å². The topological polar surface area (TPSA) is 35.2 Å². The van der Waals surface area contributed by atoms with Gasteiger partial charge in [-0.1, -0.05) is 29.8 Å². The molecular formula is C13H17ClF3NO. The van der Waals surface area contributed by atoms with Crippen LogP contribution in [-0.4, -0.2) is 25.9 Å². The fourth-order valence-corrected chi connectivity index (χ4v) is 1.93. The summed E-state index contributed by atoms with van der Waals surface area (Å²) in [6.45, 7) is -0.775. The zero-order valence-corrected chi connectivity index (χ0v) is 11.2. The number of hydrogen-bond donors (Lipinski definition) is 1. The number of rotatable bonds is 7. The molecule has 0 saturated carbocycles. The van der Waals surface area contributed by atoms with Crippen molar-refractivity contribution in [1.82, 2.24) is 0 Å². The molecule has 0 heterocycles. The number of benzene rings is 1. The molecule has 0 aliphatic rings. The third kappa shape index (κ3) is 6.80. The minimum atomic E-state index is -4.28. The molecular weight excluding hydrogens is 279 g/mol. The molecule has 0 amide bonds. The van der Waals surface area contributed by atoms with Crippen LogP contribution in [0.5, 0.6) is 0 Å². The van der Waals surface area contributed by atoms with Crippen LogP contribution in [0.3, 0.4) is 0 Å². The molecule has 1 aromatic carbocycles. The van der Waals surface area contributed by atoms with E-state index in [1.807, 2.05) is 18.2 Å². The van der Waals surface area contributed by atoms with Crippen molar-refractivity contribution in [2.24, 2.45) is 11.7 Å². The molecule has 0 fully saturated rings. The maximum atomic E-state index is 11.9. The highest BCUT2D eigenvalue weighted by atomic mass is 35.5. The van der Waals surface area contributed by atoms with Crippen molar-refractivity contribution >= 4 is 11.6 Å². The third-order valence-corrected chi connectivity index (χ3v) is 3.10. The van der Waals surface area contributed by atoms with Crippen molar-refractivity contribution in [3.8, 4) is 0 Å². The number of hydrogen-bond acceptors (Lipinski definition) is 2. The van der Waals surface area contributed by atoms with Crippen LogP contribution in [0.4, 0.5) is 13.2 Å². The average molecular weight is 296 g/mol. The summed E-state index contributed by atoms with van der Waals surface area (Å²) >= 11 is 6.03. The normalized spacial score (nSPS) is 13.5. The lowest BCUT2D eigenvalue weighted by atomic mass is 9.96. The molecule has 1 aromatic rings. The molecule has 0 aromatic heterocycles. The molecule has 0 aliphatic heterocycles. The fourth-order valence-electron chi connectivity index (χ4n) is 1.72. The zero-order chi connectivity index (χ0) is 14.3. The molecule has 108 valence electrons. The first-order valence-electron chi connectivity index (χ1n) is 6.00. The van der Waals surface area contributed by atoms with Crippen LogP contribution in [-0.2, 0) is 11.2 Å². The number of halogens is 4. The Labute approximate surface area is 115 Å². The minimum Gasteiger partial charge on any atom is -0.372 e. The average Bonchev–Trinajstić information content (AvgIpc) is 2.34. The van der Waals surface area contributed by atoms with Gasteiger partial charge >= 0.3 is 6.18 Å². The summed E-state index contributed by atoms with van der Waals surface area (Å²) in [6.07, 6.45) is -3.15. The van der Waals surface area contributed by atoms with Gasteiger partial charge in [-0.25, -0.2) is 0 Å². The van der Waals surface area contributed by atoms with Crippen LogP contribution in [0.1, 0.15) is 12.0 Å². The SMILES string of the molecule is NCC(CCOCC(F)(F)F)Cc1ccccc1Cl. The molecule has 2 nitrogen and oxygen atoms in total. The lowest BCUT2D eigenvalue weighted by Crippen LogP contribution is -2.22. The largest absolute Gasteiger partial charge is 0.411 e. The van der Waals surface area contributed by atoms with E-state index >= 15 is 0 Å². The summed E-state index contributed by atoms with van der Waals surface area (Å²) in [5.41, 5.74) is 6.57. The van der Waals surface area contributed by atoms with Crippen molar-refractivity contribution in [2.75, 3.05) is 19.8 Å². The highest BCUT2D eigenvalue weighted by Crippen LogP contribution is 2.20. The van der Waals surface area contributed by atoms with E-state index in [2.05, 4.69) is 4.74 Å². The van der Waals surface area contributed by atoms with Crippen molar-refractivity contribution < 1.29 is 17.9 Å². The Balaban J connectivity index is 2.36. The zero-order valence-electron chi connectivity index (χ0n) is 10.4. The highest BCUT2D eigenvalue weighted by molar-refractivity contribution is 6.31. The Morgan fingerprint density at radius 2 is 1.95 bits per heavy atom. The van der Waals surface area contributed by atoms with Crippen molar-refractivity contribution in [3.05, 3.63) is 34.9 Å². The van der Waals surface area contributed by atoms with Gasteiger partial charge in [0.1, 0.15) is 6.61 Å². The van der Waals surface area contributed by atoms with Gasteiger partial charge in [0.25, 0.3) is 0 Å². The molecule has 1 rings (SSSR count). The lowest BCUT2D eigenvalue weighted by molar-refractivity contribution is -0.174. The maximum absolute atomic E-state index is 11.9. The van der Waals surface area contributed by atoms with Crippen LogP contribution in [0.2, 0.25) is 5.02 Å². The van der Waals surface area contributed by atoms with E-state index in [-0.39, 0.29) is 12.5 Å². The quantitative estimate of drug-likeness (QED) is 0.782. The summed E-state index contributed by atoms with van der Waals surface area (Å²) in [5.74, 6) is 0.0631. The summed E-state index contributed by atoms with van der Waals surface area (Å²) in [6, 6.07) is 7.37. The van der Waals surface area contributed by atoms with Crippen LogP contribution in [0, 0.1) is 5.92 Å². The van der Waals surface area contributed by atoms with Crippen LogP contribution >= 0.6 is 11.6 Å². The van der Waals surface area contributed by atoms with Crippen LogP contribution < -0.4 is 5.73 Å². The first kappa shape index (κ1) is 16.3. The lowest BCUT2D eigenvalue weighted by Gasteiger charge is -2.16. The minimum absolute atomic E-state index is 0.0474. The van der Waals surface area contributed by atoms with E-state index in [4.69, 9.17) is 17.3 Å². The van der Waals surface area contributed by atoms with E-state index in [0.717, 1.165) is 5.56 Å². The molecule has 0 spiro atoms. The van der Waals surface area contributed by atoms with Crippen LogP contribution in [0.15, 0.2) is 24.3 Å². The van der Waals surface area contributed by atoms with Gasteiger partial charge in [0.15, 0.2) is 0 Å². The predicted molar refractivity (Wildman–Crippen MR) is 69.2 cm³/mol. The van der Waals surface area contributed by atoms with Gasteiger partial charge in [0, 0.05) is 11.6 Å². The first-order chi connectivity index (χ1) is 8.92. The molecule has 2 N–H and O–H groups in total. The molecule has 0 aliphatic carbocycles. The Morgan fingerprint density at radius 3 is 2.53 bits per heavy atom. The van der Waals surface area contributed by atoms with Gasteiger partial charge in [0.2, 0.25) is 0 Å². The van der Waals surface area contributed by atoms with Gasteiger partial charge < -0.3 is 10.5 Å². The van der Waals surface area contributed by atoms with E-state index in [1.54, 1.807) is 6.07 Å². The van der Waals surface area contributed by atoms with Crippen molar-refractivity contribution in [3.63, 3.8) is 0 Å². The monoisotopic (exact) mass is 295 g/mol. The predicted octanol–water partition coefficient (Wildman–Crippen LogP) is 3.43. The van der Waals surface area contributed by atoms with E-state index in [0.29, 0.717) is 24.4 Å². The smallest absolute Gasteiger partial charge is 0.372 e. The van der Waals surface area contributed by atoms with Gasteiger partial charge in [-0.15, -0.1) is 0 Å². The highest BCUT2D eigenvalue weighted by Gasteiger charge is 2.27. The molecule has 1 unspecified atom stereocenters. The van der Waals surface area contributed by atoms with Gasteiger partial charge in [-0.2, -0.15) is 13.2 Å². The molecule has 0 radical (unpaired) electrons. The second kappa shape index (κ2) is 7.72. The number of ether oxygens (including phenoxy) is 1. The number of nitrogens with two attached hydrogens (primary N) is 1. The molecule has 19 heavy (non-hydrogen) atoms. The summed E-state index contributed by atoms with van der Waals surface area (Å²) in [7, 11) is 0. The maximum Gasteiger partial charge on any atom is 0.411 e. The fraction of sp³-hybridized carbons (Fsp3) is 0.538.